The molecule has 0 bridgehead atoms. The molecule has 1 aromatic rings. The Labute approximate surface area is 99.0 Å². The number of hydrogen-bond donors (Lipinski definition) is 1. The topological polar surface area (TPSA) is 21.3 Å². The zero-order valence-electron chi connectivity index (χ0n) is 10.8. The molecule has 0 fully saturated rings. The molecule has 0 aromatic heterocycles. The van der Waals surface area contributed by atoms with E-state index in [4.69, 9.17) is 4.74 Å². The average Bonchev–Trinajstić information content (AvgIpc) is 2.24. The van der Waals surface area contributed by atoms with E-state index in [0.717, 1.165) is 18.7 Å². The molecule has 1 rings (SSSR count). The number of hydrogen-bond acceptors (Lipinski definition) is 2. The van der Waals surface area contributed by atoms with Crippen molar-refractivity contribution in [1.82, 2.24) is 5.32 Å². The van der Waals surface area contributed by atoms with Gasteiger partial charge in [-0.25, -0.2) is 0 Å². The maximum atomic E-state index is 5.64. The van der Waals surface area contributed by atoms with Crippen LogP contribution < -0.4 is 10.1 Å². The van der Waals surface area contributed by atoms with Gasteiger partial charge in [0.15, 0.2) is 0 Å². The van der Waals surface area contributed by atoms with Gasteiger partial charge in [0.05, 0.1) is 0 Å². The van der Waals surface area contributed by atoms with Gasteiger partial charge in [-0.3, -0.25) is 0 Å². The predicted molar refractivity (Wildman–Crippen MR) is 69.1 cm³/mol. The molecule has 1 aromatic carbocycles. The van der Waals surface area contributed by atoms with Crippen molar-refractivity contribution in [2.45, 2.75) is 39.7 Å². The third-order valence-electron chi connectivity index (χ3n) is 2.36. The molecule has 0 amide bonds. The molecular formula is C14H23NO. The van der Waals surface area contributed by atoms with Gasteiger partial charge in [-0.2, -0.15) is 0 Å². The fourth-order valence-corrected chi connectivity index (χ4v) is 1.42. The van der Waals surface area contributed by atoms with Crippen molar-refractivity contribution in [3.63, 3.8) is 0 Å². The smallest absolute Gasteiger partial charge is 0.119 e. The predicted octanol–water partition coefficient (Wildman–Crippen LogP) is 3.02. The monoisotopic (exact) mass is 221 g/mol. The summed E-state index contributed by atoms with van der Waals surface area (Å²) in [4.78, 5) is 0. The Morgan fingerprint density at radius 2 is 1.75 bits per heavy atom. The minimum Gasteiger partial charge on any atom is -0.492 e. The summed E-state index contributed by atoms with van der Waals surface area (Å²) in [5.41, 5.74) is 1.51. The minimum absolute atomic E-state index is 0.162. The summed E-state index contributed by atoms with van der Waals surface area (Å²) < 4.78 is 5.64. The second-order valence-electron chi connectivity index (χ2n) is 5.02. The molecule has 0 atom stereocenters. The lowest BCUT2D eigenvalue weighted by molar-refractivity contribution is 0.291. The van der Waals surface area contributed by atoms with E-state index in [1.54, 1.807) is 0 Å². The lowest BCUT2D eigenvalue weighted by Crippen LogP contribution is -2.38. The van der Waals surface area contributed by atoms with E-state index in [9.17, 15) is 0 Å². The van der Waals surface area contributed by atoms with Gasteiger partial charge in [-0.1, -0.05) is 19.1 Å². The Morgan fingerprint density at radius 1 is 1.12 bits per heavy atom. The van der Waals surface area contributed by atoms with Crippen LogP contribution in [0.1, 0.15) is 33.3 Å². The molecule has 0 radical (unpaired) electrons. The summed E-state index contributed by atoms with van der Waals surface area (Å²) in [5.74, 6) is 0.952. The van der Waals surface area contributed by atoms with Gasteiger partial charge in [0, 0.05) is 12.1 Å². The van der Waals surface area contributed by atoms with Crippen LogP contribution in [0.25, 0.3) is 0 Å². The van der Waals surface area contributed by atoms with E-state index in [1.165, 1.54) is 5.56 Å². The van der Waals surface area contributed by atoms with E-state index < -0.39 is 0 Å². The van der Waals surface area contributed by atoms with Crippen LogP contribution in [0.4, 0.5) is 0 Å². The Kier molecular flexibility index (Phi) is 4.81. The van der Waals surface area contributed by atoms with Crippen LogP contribution in [-0.4, -0.2) is 18.7 Å². The van der Waals surface area contributed by atoms with Crippen molar-refractivity contribution in [2.75, 3.05) is 13.2 Å². The van der Waals surface area contributed by atoms with E-state index >= 15 is 0 Å². The van der Waals surface area contributed by atoms with Crippen molar-refractivity contribution in [2.24, 2.45) is 0 Å². The number of benzene rings is 1. The van der Waals surface area contributed by atoms with Gasteiger partial charge < -0.3 is 10.1 Å². The summed E-state index contributed by atoms with van der Waals surface area (Å²) in [5, 5.41) is 3.39. The summed E-state index contributed by atoms with van der Waals surface area (Å²) >= 11 is 0. The Hall–Kier alpha value is -1.02. The van der Waals surface area contributed by atoms with Crippen LogP contribution in [0.15, 0.2) is 24.3 Å². The first kappa shape index (κ1) is 13.0. The first-order chi connectivity index (χ1) is 7.51. The number of nitrogens with one attached hydrogen (secondary N) is 1. The molecule has 0 heterocycles. The Bertz CT molecular complexity index is 298. The Morgan fingerprint density at radius 3 is 2.25 bits per heavy atom. The fourth-order valence-electron chi connectivity index (χ4n) is 1.42. The maximum absolute atomic E-state index is 5.64. The SMILES string of the molecule is CCc1ccc(OCCNC(C)(C)C)cc1. The molecule has 0 aliphatic rings. The van der Waals surface area contributed by atoms with Crippen molar-refractivity contribution in [3.05, 3.63) is 29.8 Å². The zero-order chi connectivity index (χ0) is 12.0. The Balaban J connectivity index is 2.27. The largest absolute Gasteiger partial charge is 0.492 e. The second kappa shape index (κ2) is 5.90. The van der Waals surface area contributed by atoms with Crippen molar-refractivity contribution in [1.29, 1.82) is 0 Å². The van der Waals surface area contributed by atoms with E-state index in [1.807, 2.05) is 12.1 Å². The van der Waals surface area contributed by atoms with Gasteiger partial charge in [-0.15, -0.1) is 0 Å². The molecule has 16 heavy (non-hydrogen) atoms. The number of aryl methyl sites for hydroxylation is 1. The zero-order valence-corrected chi connectivity index (χ0v) is 10.8. The lowest BCUT2D eigenvalue weighted by atomic mass is 10.1. The quantitative estimate of drug-likeness (QED) is 0.772. The van der Waals surface area contributed by atoms with Gasteiger partial charge in [0.25, 0.3) is 0 Å². The third-order valence-corrected chi connectivity index (χ3v) is 2.36. The van der Waals surface area contributed by atoms with Gasteiger partial charge >= 0.3 is 0 Å². The van der Waals surface area contributed by atoms with Crippen LogP contribution in [-0.2, 0) is 6.42 Å². The molecule has 90 valence electrons. The number of ether oxygens (including phenoxy) is 1. The summed E-state index contributed by atoms with van der Waals surface area (Å²) in [6.45, 7) is 10.2. The molecule has 0 aliphatic heterocycles. The molecule has 1 N–H and O–H groups in total. The molecule has 0 spiro atoms. The summed E-state index contributed by atoms with van der Waals surface area (Å²) in [6.07, 6.45) is 1.08. The van der Waals surface area contributed by atoms with E-state index in [0.29, 0.717) is 6.61 Å². The van der Waals surface area contributed by atoms with Crippen LogP contribution in [0.2, 0.25) is 0 Å². The standard InChI is InChI=1S/C14H23NO/c1-5-12-6-8-13(9-7-12)16-11-10-15-14(2,3)4/h6-9,15H,5,10-11H2,1-4H3. The van der Waals surface area contributed by atoms with Crippen LogP contribution in [0.3, 0.4) is 0 Å². The molecule has 0 saturated heterocycles. The maximum Gasteiger partial charge on any atom is 0.119 e. The highest BCUT2D eigenvalue weighted by Crippen LogP contribution is 2.12. The van der Waals surface area contributed by atoms with Crippen LogP contribution in [0.5, 0.6) is 5.75 Å². The minimum atomic E-state index is 0.162. The molecule has 0 unspecified atom stereocenters. The summed E-state index contributed by atoms with van der Waals surface area (Å²) in [7, 11) is 0. The third kappa shape index (κ3) is 5.17. The van der Waals surface area contributed by atoms with Crippen molar-refractivity contribution >= 4 is 0 Å². The van der Waals surface area contributed by atoms with Crippen molar-refractivity contribution < 1.29 is 4.74 Å². The van der Waals surface area contributed by atoms with E-state index in [-0.39, 0.29) is 5.54 Å². The first-order valence-electron chi connectivity index (χ1n) is 5.98. The van der Waals surface area contributed by atoms with Gasteiger partial charge in [0.2, 0.25) is 0 Å². The molecular weight excluding hydrogens is 198 g/mol. The van der Waals surface area contributed by atoms with Crippen LogP contribution >= 0.6 is 0 Å². The average molecular weight is 221 g/mol. The molecule has 0 saturated carbocycles. The molecule has 2 nitrogen and oxygen atoms in total. The lowest BCUT2D eigenvalue weighted by Gasteiger charge is -2.20. The highest BCUT2D eigenvalue weighted by Gasteiger charge is 2.07. The van der Waals surface area contributed by atoms with Crippen LogP contribution in [0, 0.1) is 0 Å². The first-order valence-corrected chi connectivity index (χ1v) is 5.98. The van der Waals surface area contributed by atoms with E-state index in [2.05, 4.69) is 45.1 Å². The van der Waals surface area contributed by atoms with Crippen molar-refractivity contribution in [3.8, 4) is 5.75 Å². The van der Waals surface area contributed by atoms with Gasteiger partial charge in [0.1, 0.15) is 12.4 Å². The van der Waals surface area contributed by atoms with Gasteiger partial charge in [-0.05, 0) is 44.9 Å². The molecule has 2 heteroatoms. The fraction of sp³-hybridized carbons (Fsp3) is 0.571. The molecule has 0 aliphatic carbocycles. The second-order valence-corrected chi connectivity index (χ2v) is 5.02. The highest BCUT2D eigenvalue weighted by molar-refractivity contribution is 5.27. The normalized spacial score (nSPS) is 11.5. The highest BCUT2D eigenvalue weighted by atomic mass is 16.5. The summed E-state index contributed by atoms with van der Waals surface area (Å²) in [6, 6.07) is 8.31. The number of rotatable bonds is 5.